The van der Waals surface area contributed by atoms with Gasteiger partial charge in [-0.1, -0.05) is 43.1 Å². The Morgan fingerprint density at radius 1 is 1.21 bits per heavy atom. The van der Waals surface area contributed by atoms with Crippen LogP contribution in [0.25, 0.3) is 0 Å². The molecule has 0 spiro atoms. The first kappa shape index (κ1) is 17.4. The van der Waals surface area contributed by atoms with E-state index in [2.05, 4.69) is 16.8 Å². The van der Waals surface area contributed by atoms with Crippen molar-refractivity contribution in [3.63, 3.8) is 0 Å². The highest BCUT2D eigenvalue weighted by molar-refractivity contribution is 7.82. The summed E-state index contributed by atoms with van der Waals surface area (Å²) < 4.78 is 15.1. The van der Waals surface area contributed by atoms with Crippen LogP contribution in [0.5, 0.6) is 0 Å². The van der Waals surface area contributed by atoms with E-state index < -0.39 is 11.0 Å². The molecule has 4 nitrogen and oxygen atoms in total. The van der Waals surface area contributed by atoms with E-state index >= 15 is 0 Å². The van der Waals surface area contributed by atoms with E-state index in [4.69, 9.17) is 11.6 Å². The largest absolute Gasteiger partial charge is 0.354 e. The minimum absolute atomic E-state index is 0.572. The summed E-state index contributed by atoms with van der Waals surface area (Å²) in [7, 11) is -1.23. The molecule has 0 radical (unpaired) electrons. The predicted octanol–water partition coefficient (Wildman–Crippen LogP) is 3.88. The zero-order chi connectivity index (χ0) is 16.9. The van der Waals surface area contributed by atoms with Crippen LogP contribution in [0.15, 0.2) is 47.5 Å². The fourth-order valence-electron chi connectivity index (χ4n) is 2.84. The zero-order valence-electron chi connectivity index (χ0n) is 13.8. The van der Waals surface area contributed by atoms with E-state index in [1.807, 2.05) is 40.7 Å². The van der Waals surface area contributed by atoms with E-state index in [0.29, 0.717) is 11.6 Å². The monoisotopic (exact) mass is 363 g/mol. The Kier molecular flexibility index (Phi) is 5.87. The molecule has 6 heteroatoms. The Balaban J connectivity index is 1.87. The molecule has 1 aromatic heterocycles. The van der Waals surface area contributed by atoms with Gasteiger partial charge in [0.15, 0.2) is 0 Å². The second-order valence-corrected chi connectivity index (χ2v) is 7.73. The lowest BCUT2D eigenvalue weighted by atomic mass is 10.2. The molecule has 1 unspecified atom stereocenters. The molecule has 1 atom stereocenters. The SMILES string of the molecule is CCCCN1CCN(Cc2ccccc2Cl)S(=O)c2cccnc21. The average molecular weight is 364 g/mol. The van der Waals surface area contributed by atoms with Crippen LogP contribution >= 0.6 is 11.6 Å². The molecule has 1 aromatic carbocycles. The first-order valence-electron chi connectivity index (χ1n) is 8.31. The second kappa shape index (κ2) is 8.10. The summed E-state index contributed by atoms with van der Waals surface area (Å²) in [6, 6.07) is 11.5. The van der Waals surface area contributed by atoms with Crippen LogP contribution in [0.1, 0.15) is 25.3 Å². The third kappa shape index (κ3) is 3.79. The molecule has 2 aromatic rings. The van der Waals surface area contributed by atoms with E-state index in [1.165, 1.54) is 0 Å². The maximum Gasteiger partial charge on any atom is 0.146 e. The standard InChI is InChI=1S/C18H22ClN3OS/c1-2-3-11-21-12-13-22(14-15-7-4-5-8-16(15)19)24(23)17-9-6-10-20-18(17)21/h4-10H,2-3,11-14H2,1H3. The smallest absolute Gasteiger partial charge is 0.146 e. The third-order valence-corrected chi connectivity index (χ3v) is 6.02. The van der Waals surface area contributed by atoms with Crippen molar-refractivity contribution in [1.29, 1.82) is 0 Å². The summed E-state index contributed by atoms with van der Waals surface area (Å²) in [6.45, 7) is 5.23. The van der Waals surface area contributed by atoms with Crippen LogP contribution in [0.2, 0.25) is 5.02 Å². The Labute approximate surface area is 151 Å². The van der Waals surface area contributed by atoms with Crippen molar-refractivity contribution in [2.24, 2.45) is 0 Å². The van der Waals surface area contributed by atoms with Crippen molar-refractivity contribution in [2.45, 2.75) is 31.2 Å². The van der Waals surface area contributed by atoms with Gasteiger partial charge in [-0.2, -0.15) is 0 Å². The fraction of sp³-hybridized carbons (Fsp3) is 0.389. The highest BCUT2D eigenvalue weighted by atomic mass is 35.5. The van der Waals surface area contributed by atoms with Crippen LogP contribution < -0.4 is 4.90 Å². The van der Waals surface area contributed by atoms with Gasteiger partial charge in [0.05, 0.1) is 4.90 Å². The molecule has 2 heterocycles. The molecule has 1 aliphatic rings. The van der Waals surface area contributed by atoms with Gasteiger partial charge in [-0.25, -0.2) is 13.5 Å². The topological polar surface area (TPSA) is 36.4 Å². The molecule has 3 rings (SSSR count). The highest BCUT2D eigenvalue weighted by Crippen LogP contribution is 2.28. The number of unbranched alkanes of at least 4 members (excludes halogenated alkanes) is 1. The van der Waals surface area contributed by atoms with Gasteiger partial charge in [-0.3, -0.25) is 0 Å². The van der Waals surface area contributed by atoms with Crippen molar-refractivity contribution in [3.05, 3.63) is 53.2 Å². The average Bonchev–Trinajstić information content (AvgIpc) is 2.73. The van der Waals surface area contributed by atoms with Gasteiger partial charge in [0.2, 0.25) is 0 Å². The molecule has 24 heavy (non-hydrogen) atoms. The Hall–Kier alpha value is -1.43. The number of halogens is 1. The van der Waals surface area contributed by atoms with Gasteiger partial charge in [0.25, 0.3) is 0 Å². The summed E-state index contributed by atoms with van der Waals surface area (Å²) in [5.41, 5.74) is 1.000. The van der Waals surface area contributed by atoms with Crippen LogP contribution in [-0.2, 0) is 17.5 Å². The van der Waals surface area contributed by atoms with Gasteiger partial charge in [0.1, 0.15) is 16.8 Å². The number of pyridine rings is 1. The van der Waals surface area contributed by atoms with Crippen LogP contribution in [0, 0.1) is 0 Å². The number of anilines is 1. The first-order valence-corrected chi connectivity index (χ1v) is 9.79. The van der Waals surface area contributed by atoms with E-state index in [1.54, 1.807) is 6.20 Å². The number of rotatable bonds is 5. The molecule has 0 saturated carbocycles. The summed E-state index contributed by atoms with van der Waals surface area (Å²) in [5.74, 6) is 0.853. The fourth-order valence-corrected chi connectivity index (χ4v) is 4.35. The van der Waals surface area contributed by atoms with Crippen LogP contribution in [-0.4, -0.2) is 33.1 Å². The van der Waals surface area contributed by atoms with Crippen molar-refractivity contribution in [3.8, 4) is 0 Å². The molecule has 128 valence electrons. The summed E-state index contributed by atoms with van der Waals surface area (Å²) in [5, 5.41) is 0.716. The molecule has 1 aliphatic heterocycles. The minimum atomic E-state index is -1.23. The lowest BCUT2D eigenvalue weighted by Gasteiger charge is -2.22. The Morgan fingerprint density at radius 3 is 2.83 bits per heavy atom. The van der Waals surface area contributed by atoms with Crippen molar-refractivity contribution < 1.29 is 4.21 Å². The maximum absolute atomic E-state index is 13.1. The van der Waals surface area contributed by atoms with Gasteiger partial charge >= 0.3 is 0 Å². The lowest BCUT2D eigenvalue weighted by molar-refractivity contribution is 0.447. The van der Waals surface area contributed by atoms with E-state index in [0.717, 1.165) is 48.8 Å². The van der Waals surface area contributed by atoms with Crippen molar-refractivity contribution >= 4 is 28.4 Å². The molecule has 0 bridgehead atoms. The Morgan fingerprint density at radius 2 is 2.04 bits per heavy atom. The van der Waals surface area contributed by atoms with Crippen LogP contribution in [0.4, 0.5) is 5.82 Å². The van der Waals surface area contributed by atoms with E-state index in [-0.39, 0.29) is 0 Å². The quantitative estimate of drug-likeness (QED) is 0.808. The molecule has 0 fully saturated rings. The Bertz CT molecular complexity index is 725. The zero-order valence-corrected chi connectivity index (χ0v) is 15.4. The molecule has 0 amide bonds. The molecular formula is C18H22ClN3OS. The third-order valence-electron chi connectivity index (χ3n) is 4.18. The van der Waals surface area contributed by atoms with Gasteiger partial charge in [0, 0.05) is 37.4 Å². The lowest BCUT2D eigenvalue weighted by Crippen LogP contribution is -2.33. The highest BCUT2D eigenvalue weighted by Gasteiger charge is 2.27. The van der Waals surface area contributed by atoms with E-state index in [9.17, 15) is 4.21 Å². The summed E-state index contributed by atoms with van der Waals surface area (Å²) in [6.07, 6.45) is 4.01. The minimum Gasteiger partial charge on any atom is -0.354 e. The molecule has 0 saturated heterocycles. The van der Waals surface area contributed by atoms with Crippen molar-refractivity contribution in [1.82, 2.24) is 9.29 Å². The second-order valence-electron chi connectivity index (χ2n) is 5.87. The van der Waals surface area contributed by atoms with Crippen LogP contribution in [0.3, 0.4) is 0 Å². The molecular weight excluding hydrogens is 342 g/mol. The van der Waals surface area contributed by atoms with Gasteiger partial charge in [-0.15, -0.1) is 0 Å². The number of hydrogen-bond acceptors (Lipinski definition) is 3. The number of fused-ring (bicyclic) bond motifs is 1. The summed E-state index contributed by atoms with van der Waals surface area (Å²) >= 11 is 6.28. The number of nitrogens with zero attached hydrogens (tertiary/aromatic N) is 3. The summed E-state index contributed by atoms with van der Waals surface area (Å²) in [4.78, 5) is 7.55. The maximum atomic E-state index is 13.1. The number of aromatic nitrogens is 1. The molecule has 0 N–H and O–H groups in total. The molecule has 0 aliphatic carbocycles. The number of benzene rings is 1. The van der Waals surface area contributed by atoms with Crippen molar-refractivity contribution in [2.75, 3.05) is 24.5 Å². The van der Waals surface area contributed by atoms with Gasteiger partial charge in [-0.05, 0) is 30.2 Å². The first-order chi connectivity index (χ1) is 11.7. The normalized spacial score (nSPS) is 18.2. The predicted molar refractivity (Wildman–Crippen MR) is 99.6 cm³/mol. The number of hydrogen-bond donors (Lipinski definition) is 0. The van der Waals surface area contributed by atoms with Gasteiger partial charge < -0.3 is 4.90 Å².